The third-order valence-electron chi connectivity index (χ3n) is 2.79. The first-order valence-electron chi connectivity index (χ1n) is 6.26. The topological polar surface area (TPSA) is 66.8 Å². The van der Waals surface area contributed by atoms with Crippen molar-refractivity contribution >= 4 is 10.0 Å². The normalized spacial score (nSPS) is 12.0. The predicted octanol–water partition coefficient (Wildman–Crippen LogP) is 0.878. The smallest absolute Gasteiger partial charge is 0.242 e. The van der Waals surface area contributed by atoms with Gasteiger partial charge >= 0.3 is 0 Å². The minimum absolute atomic E-state index is 0.0559. The maximum absolute atomic E-state index is 12.2. The molecule has 5 nitrogen and oxygen atoms in total. The Morgan fingerprint density at radius 3 is 2.42 bits per heavy atom. The second kappa shape index (κ2) is 7.59. The van der Waals surface area contributed by atoms with Crippen molar-refractivity contribution in [2.75, 3.05) is 33.4 Å². The summed E-state index contributed by atoms with van der Waals surface area (Å²) in [5, 5.41) is 8.82. The fourth-order valence-electron chi connectivity index (χ4n) is 1.59. The molecule has 0 unspecified atom stereocenters. The third kappa shape index (κ3) is 4.58. The van der Waals surface area contributed by atoms with E-state index in [0.717, 1.165) is 5.56 Å². The van der Waals surface area contributed by atoms with Gasteiger partial charge in [-0.25, -0.2) is 8.42 Å². The number of aliphatic hydroxyl groups excluding tert-OH is 1. The molecule has 0 saturated heterocycles. The van der Waals surface area contributed by atoms with Crippen molar-refractivity contribution in [1.82, 2.24) is 4.31 Å². The first-order valence-corrected chi connectivity index (χ1v) is 7.70. The lowest BCUT2D eigenvalue weighted by atomic mass is 10.2. The van der Waals surface area contributed by atoms with Crippen LogP contribution in [0.3, 0.4) is 0 Å². The lowest BCUT2D eigenvalue weighted by Gasteiger charge is -2.17. The van der Waals surface area contributed by atoms with Gasteiger partial charge in [0.2, 0.25) is 10.0 Å². The molecule has 0 aromatic heterocycles. The summed E-state index contributed by atoms with van der Waals surface area (Å²) in [5.74, 6) is 0. The van der Waals surface area contributed by atoms with E-state index < -0.39 is 10.0 Å². The summed E-state index contributed by atoms with van der Waals surface area (Å²) in [7, 11) is -1.92. The average molecular weight is 287 g/mol. The van der Waals surface area contributed by atoms with Crippen molar-refractivity contribution in [2.24, 2.45) is 0 Å². The van der Waals surface area contributed by atoms with E-state index in [1.165, 1.54) is 11.4 Å². The number of likely N-dealkylation sites (N-methyl/N-ethyl adjacent to an activating group) is 1. The van der Waals surface area contributed by atoms with E-state index in [9.17, 15) is 8.42 Å². The lowest BCUT2D eigenvalue weighted by molar-refractivity contribution is 0.138. The zero-order chi connectivity index (χ0) is 14.3. The zero-order valence-electron chi connectivity index (χ0n) is 11.4. The second-order valence-corrected chi connectivity index (χ2v) is 6.19. The number of hydrogen-bond donors (Lipinski definition) is 1. The van der Waals surface area contributed by atoms with E-state index in [1.54, 1.807) is 24.3 Å². The van der Waals surface area contributed by atoms with Crippen molar-refractivity contribution in [2.45, 2.75) is 18.2 Å². The van der Waals surface area contributed by atoms with E-state index in [4.69, 9.17) is 9.84 Å². The average Bonchev–Trinajstić information content (AvgIpc) is 2.40. The zero-order valence-corrected chi connectivity index (χ0v) is 12.2. The Balaban J connectivity index is 2.75. The monoisotopic (exact) mass is 287 g/mol. The summed E-state index contributed by atoms with van der Waals surface area (Å²) in [6.45, 7) is 3.21. The van der Waals surface area contributed by atoms with Crippen molar-refractivity contribution in [3.05, 3.63) is 29.8 Å². The number of sulfonamides is 1. The number of hydrogen-bond acceptors (Lipinski definition) is 4. The van der Waals surface area contributed by atoms with Crippen LogP contribution in [0.1, 0.15) is 12.5 Å². The quantitative estimate of drug-likeness (QED) is 0.721. The van der Waals surface area contributed by atoms with Gasteiger partial charge < -0.3 is 9.84 Å². The molecule has 1 aromatic rings. The van der Waals surface area contributed by atoms with Crippen LogP contribution in [0.25, 0.3) is 0 Å². The van der Waals surface area contributed by atoms with E-state index in [-0.39, 0.29) is 11.5 Å². The Hall–Kier alpha value is -0.950. The van der Waals surface area contributed by atoms with E-state index in [0.29, 0.717) is 26.2 Å². The Kier molecular flexibility index (Phi) is 6.44. The molecule has 108 valence electrons. The minimum Gasteiger partial charge on any atom is -0.396 e. The van der Waals surface area contributed by atoms with Gasteiger partial charge in [-0.05, 0) is 31.0 Å². The number of rotatable bonds is 8. The largest absolute Gasteiger partial charge is 0.396 e. The maximum atomic E-state index is 12.2. The third-order valence-corrected chi connectivity index (χ3v) is 4.66. The lowest BCUT2D eigenvalue weighted by Crippen LogP contribution is -2.30. The van der Waals surface area contributed by atoms with Crippen LogP contribution in [-0.4, -0.2) is 51.2 Å². The van der Waals surface area contributed by atoms with Crippen LogP contribution >= 0.6 is 0 Å². The van der Waals surface area contributed by atoms with Gasteiger partial charge in [0.25, 0.3) is 0 Å². The Labute approximate surface area is 114 Å². The highest BCUT2D eigenvalue weighted by molar-refractivity contribution is 7.89. The molecular formula is C13H21NO4S. The Morgan fingerprint density at radius 1 is 1.26 bits per heavy atom. The summed E-state index contributed by atoms with van der Waals surface area (Å²) in [4.78, 5) is 0.258. The van der Waals surface area contributed by atoms with Gasteiger partial charge in [0.1, 0.15) is 0 Å². The molecule has 0 aliphatic heterocycles. The van der Waals surface area contributed by atoms with Crippen molar-refractivity contribution < 1.29 is 18.3 Å². The highest BCUT2D eigenvalue weighted by Crippen LogP contribution is 2.15. The molecule has 1 rings (SSSR count). The fraction of sp³-hybridized carbons (Fsp3) is 0.538. The molecule has 0 atom stereocenters. The molecule has 0 fully saturated rings. The molecule has 0 radical (unpaired) electrons. The first-order chi connectivity index (χ1) is 9.02. The Bertz CT molecular complexity index is 470. The Morgan fingerprint density at radius 2 is 1.89 bits per heavy atom. The molecule has 0 spiro atoms. The van der Waals surface area contributed by atoms with Crippen LogP contribution in [0.5, 0.6) is 0 Å². The van der Waals surface area contributed by atoms with Crippen LogP contribution in [-0.2, 0) is 21.2 Å². The van der Waals surface area contributed by atoms with E-state index in [1.807, 2.05) is 6.92 Å². The summed E-state index contributed by atoms with van der Waals surface area (Å²) in [6.07, 6.45) is 0.528. The number of ether oxygens (including phenoxy) is 1. The fourth-order valence-corrected chi connectivity index (χ4v) is 2.75. The van der Waals surface area contributed by atoms with Crippen molar-refractivity contribution in [3.63, 3.8) is 0 Å². The van der Waals surface area contributed by atoms with Crippen LogP contribution in [0.15, 0.2) is 29.2 Å². The maximum Gasteiger partial charge on any atom is 0.242 e. The standard InChI is InChI=1S/C13H21NO4S/c1-3-18-11-9-14(2)19(16,17)13-6-4-12(5-7-13)8-10-15/h4-7,15H,3,8-11H2,1-2H3. The van der Waals surface area contributed by atoms with Gasteiger partial charge in [0.15, 0.2) is 0 Å². The summed E-state index contributed by atoms with van der Waals surface area (Å²) >= 11 is 0. The van der Waals surface area contributed by atoms with Crippen LogP contribution < -0.4 is 0 Å². The van der Waals surface area contributed by atoms with Gasteiger partial charge in [-0.15, -0.1) is 0 Å². The van der Waals surface area contributed by atoms with Crippen LogP contribution in [0.4, 0.5) is 0 Å². The van der Waals surface area contributed by atoms with Gasteiger partial charge in [-0.2, -0.15) is 4.31 Å². The molecule has 0 saturated carbocycles. The van der Waals surface area contributed by atoms with E-state index >= 15 is 0 Å². The van der Waals surface area contributed by atoms with Crippen molar-refractivity contribution in [3.8, 4) is 0 Å². The molecule has 0 aliphatic rings. The van der Waals surface area contributed by atoms with Gasteiger partial charge in [0, 0.05) is 26.8 Å². The number of nitrogens with zero attached hydrogens (tertiary/aromatic N) is 1. The van der Waals surface area contributed by atoms with Crippen LogP contribution in [0, 0.1) is 0 Å². The predicted molar refractivity (Wildman–Crippen MR) is 73.5 cm³/mol. The first kappa shape index (κ1) is 16.1. The molecular weight excluding hydrogens is 266 g/mol. The highest BCUT2D eigenvalue weighted by atomic mass is 32.2. The molecule has 19 heavy (non-hydrogen) atoms. The van der Waals surface area contributed by atoms with Crippen LogP contribution in [0.2, 0.25) is 0 Å². The van der Waals surface area contributed by atoms with Gasteiger partial charge in [0.05, 0.1) is 11.5 Å². The number of aliphatic hydroxyl groups is 1. The van der Waals surface area contributed by atoms with Gasteiger partial charge in [-0.1, -0.05) is 12.1 Å². The number of benzene rings is 1. The van der Waals surface area contributed by atoms with Crippen molar-refractivity contribution in [1.29, 1.82) is 0 Å². The molecule has 0 amide bonds. The van der Waals surface area contributed by atoms with E-state index in [2.05, 4.69) is 0 Å². The minimum atomic E-state index is -3.46. The molecule has 1 aromatic carbocycles. The second-order valence-electron chi connectivity index (χ2n) is 4.14. The molecule has 0 heterocycles. The molecule has 1 N–H and O–H groups in total. The molecule has 6 heteroatoms. The molecule has 0 bridgehead atoms. The SMILES string of the molecule is CCOCCN(C)S(=O)(=O)c1ccc(CCO)cc1. The molecule has 0 aliphatic carbocycles. The van der Waals surface area contributed by atoms with Gasteiger partial charge in [-0.3, -0.25) is 0 Å². The summed E-state index contributed by atoms with van der Waals surface area (Å²) in [6, 6.07) is 6.58. The summed E-state index contributed by atoms with van der Waals surface area (Å²) in [5.41, 5.74) is 0.915. The summed E-state index contributed by atoms with van der Waals surface area (Å²) < 4.78 is 30.9. The highest BCUT2D eigenvalue weighted by Gasteiger charge is 2.20.